The Kier molecular flexibility index (Phi) is 6.69. The first-order chi connectivity index (χ1) is 16.2. The van der Waals surface area contributed by atoms with Crippen LogP contribution in [0.5, 0.6) is 0 Å². The second-order valence-corrected chi connectivity index (χ2v) is 9.14. The van der Waals surface area contributed by atoms with Crippen molar-refractivity contribution in [2.75, 3.05) is 31.7 Å². The van der Waals surface area contributed by atoms with E-state index in [2.05, 4.69) is 42.2 Å². The van der Waals surface area contributed by atoms with Gasteiger partial charge in [-0.3, -0.25) is 0 Å². The summed E-state index contributed by atoms with van der Waals surface area (Å²) in [4.78, 5) is 12.2. The summed E-state index contributed by atoms with van der Waals surface area (Å²) in [5, 5.41) is 4.85. The topological polar surface area (TPSA) is 65.3 Å². The van der Waals surface area contributed by atoms with Crippen molar-refractivity contribution in [2.24, 2.45) is 0 Å². The van der Waals surface area contributed by atoms with Gasteiger partial charge in [-0.15, -0.1) is 0 Å². The number of benzene rings is 1. The van der Waals surface area contributed by atoms with E-state index in [9.17, 15) is 0 Å². The molecule has 0 spiro atoms. The van der Waals surface area contributed by atoms with Gasteiger partial charge < -0.3 is 14.4 Å². The van der Waals surface area contributed by atoms with Crippen LogP contribution in [0.25, 0.3) is 17.1 Å². The average Bonchev–Trinajstić information content (AvgIpc) is 3.55. The van der Waals surface area contributed by atoms with Crippen LogP contribution < -0.4 is 4.90 Å². The Morgan fingerprint density at radius 3 is 2.82 bits per heavy atom. The van der Waals surface area contributed by atoms with Crippen molar-refractivity contribution in [1.29, 1.82) is 0 Å². The smallest absolute Gasteiger partial charge is 0.159 e. The number of aromatic nitrogens is 4. The number of rotatable bonds is 7. The molecule has 5 rings (SSSR count). The van der Waals surface area contributed by atoms with Crippen LogP contribution in [0.2, 0.25) is 0 Å². The van der Waals surface area contributed by atoms with Gasteiger partial charge >= 0.3 is 0 Å². The lowest BCUT2D eigenvalue weighted by atomic mass is 10.1. The Morgan fingerprint density at radius 2 is 2.00 bits per heavy atom. The molecule has 0 bridgehead atoms. The lowest BCUT2D eigenvalue weighted by Gasteiger charge is -2.33. The number of aryl methyl sites for hydroxylation is 2. The molecule has 0 radical (unpaired) electrons. The van der Waals surface area contributed by atoms with Crippen LogP contribution >= 0.6 is 0 Å². The molecule has 0 N–H and O–H groups in total. The van der Waals surface area contributed by atoms with E-state index < -0.39 is 0 Å². The van der Waals surface area contributed by atoms with Crippen molar-refractivity contribution in [3.63, 3.8) is 0 Å². The highest BCUT2D eigenvalue weighted by Crippen LogP contribution is 2.24. The van der Waals surface area contributed by atoms with Gasteiger partial charge in [0.15, 0.2) is 5.82 Å². The highest BCUT2D eigenvalue weighted by Gasteiger charge is 2.23. The van der Waals surface area contributed by atoms with Crippen LogP contribution in [-0.4, -0.2) is 58.8 Å². The third-order valence-corrected chi connectivity index (χ3v) is 6.63. The first-order valence-electron chi connectivity index (χ1n) is 12.1. The van der Waals surface area contributed by atoms with Gasteiger partial charge in [-0.25, -0.2) is 14.6 Å². The summed E-state index contributed by atoms with van der Waals surface area (Å²) in [6, 6.07) is 12.5. The molecule has 2 fully saturated rings. The van der Waals surface area contributed by atoms with Gasteiger partial charge in [0.2, 0.25) is 0 Å². The molecule has 2 aliphatic heterocycles. The molecular weight excluding hydrogens is 414 g/mol. The van der Waals surface area contributed by atoms with Crippen LogP contribution in [0.15, 0.2) is 42.6 Å². The summed E-state index contributed by atoms with van der Waals surface area (Å²) in [6.07, 6.45) is 8.79. The lowest BCUT2D eigenvalue weighted by Crippen LogP contribution is -2.40. The van der Waals surface area contributed by atoms with E-state index in [0.29, 0.717) is 6.10 Å². The van der Waals surface area contributed by atoms with Crippen LogP contribution in [0.4, 0.5) is 5.82 Å². The summed E-state index contributed by atoms with van der Waals surface area (Å²) in [6.45, 7) is 4.81. The minimum absolute atomic E-state index is 0.241. The molecule has 33 heavy (non-hydrogen) atoms. The fourth-order valence-electron chi connectivity index (χ4n) is 4.77. The molecule has 7 nitrogen and oxygen atoms in total. The summed E-state index contributed by atoms with van der Waals surface area (Å²) < 4.78 is 13.3. The Morgan fingerprint density at radius 1 is 1.09 bits per heavy atom. The first kappa shape index (κ1) is 22.0. The van der Waals surface area contributed by atoms with Gasteiger partial charge in [-0.2, -0.15) is 5.10 Å². The maximum atomic E-state index is 5.83. The van der Waals surface area contributed by atoms with E-state index in [1.165, 1.54) is 5.56 Å². The lowest BCUT2D eigenvalue weighted by molar-refractivity contribution is 0.0891. The highest BCUT2D eigenvalue weighted by molar-refractivity contribution is 5.60. The monoisotopic (exact) mass is 447 g/mol. The fourth-order valence-corrected chi connectivity index (χ4v) is 4.77. The molecule has 2 unspecified atom stereocenters. The zero-order chi connectivity index (χ0) is 22.6. The van der Waals surface area contributed by atoms with Crippen molar-refractivity contribution in [3.05, 3.63) is 54.0 Å². The van der Waals surface area contributed by atoms with Crippen molar-refractivity contribution < 1.29 is 9.47 Å². The molecule has 2 saturated heterocycles. The maximum absolute atomic E-state index is 5.83. The van der Waals surface area contributed by atoms with Crippen molar-refractivity contribution in [2.45, 2.75) is 57.7 Å². The second-order valence-electron chi connectivity index (χ2n) is 9.14. The average molecular weight is 448 g/mol. The largest absolute Gasteiger partial charge is 0.380 e. The van der Waals surface area contributed by atoms with Gasteiger partial charge in [0, 0.05) is 51.1 Å². The Bertz CT molecular complexity index is 1080. The number of nitrogens with zero attached hydrogens (tertiary/aromatic N) is 5. The summed E-state index contributed by atoms with van der Waals surface area (Å²) >= 11 is 0. The zero-order valence-electron chi connectivity index (χ0n) is 19.6. The minimum atomic E-state index is 0.241. The number of ether oxygens (including phenoxy) is 2. The number of piperidine rings is 1. The number of methoxy groups -OCH3 is 1. The van der Waals surface area contributed by atoms with Crippen LogP contribution in [-0.2, 0) is 15.9 Å². The predicted octanol–water partition coefficient (Wildman–Crippen LogP) is 4.36. The standard InChI is InChI=1S/C26H33N5O2/c1-19-6-3-7-20(16-19)23-12-14-31(29-23)26-17-25(30-13-4-8-22(18-30)32-2)27-24(28-26)11-10-21-9-5-15-33-21/h3,6-7,12,14,16-17,21-22H,4-5,8-11,13,15,18H2,1-2H3. The molecule has 2 atom stereocenters. The molecule has 0 amide bonds. The third-order valence-electron chi connectivity index (χ3n) is 6.63. The summed E-state index contributed by atoms with van der Waals surface area (Å²) in [7, 11) is 1.79. The SMILES string of the molecule is COC1CCCN(c2cc(-n3ccc(-c4cccc(C)c4)n3)nc(CCC3CCCO3)n2)C1. The molecule has 0 saturated carbocycles. The summed E-state index contributed by atoms with van der Waals surface area (Å²) in [5.74, 6) is 2.61. The van der Waals surface area contributed by atoms with Gasteiger partial charge in [-0.05, 0) is 51.2 Å². The maximum Gasteiger partial charge on any atom is 0.159 e. The Balaban J connectivity index is 1.44. The Labute approximate surface area is 195 Å². The van der Waals surface area contributed by atoms with Crippen LogP contribution in [0, 0.1) is 6.92 Å². The van der Waals surface area contributed by atoms with Gasteiger partial charge in [0.25, 0.3) is 0 Å². The molecule has 174 valence electrons. The van der Waals surface area contributed by atoms with E-state index in [4.69, 9.17) is 24.5 Å². The van der Waals surface area contributed by atoms with E-state index in [1.54, 1.807) is 7.11 Å². The number of anilines is 1. The minimum Gasteiger partial charge on any atom is -0.380 e. The van der Waals surface area contributed by atoms with Crippen molar-refractivity contribution in [3.8, 4) is 17.1 Å². The normalized spacial score (nSPS) is 21.0. The van der Waals surface area contributed by atoms with E-state index in [-0.39, 0.29) is 6.10 Å². The number of hydrogen-bond acceptors (Lipinski definition) is 6. The molecule has 0 aliphatic carbocycles. The van der Waals surface area contributed by atoms with Gasteiger partial charge in [-0.1, -0.05) is 23.8 Å². The predicted molar refractivity (Wildman–Crippen MR) is 129 cm³/mol. The van der Waals surface area contributed by atoms with Crippen LogP contribution in [0.1, 0.15) is 43.5 Å². The van der Waals surface area contributed by atoms with Crippen LogP contribution in [0.3, 0.4) is 0 Å². The number of hydrogen-bond donors (Lipinski definition) is 0. The van der Waals surface area contributed by atoms with Gasteiger partial charge in [0.05, 0.1) is 17.9 Å². The molecular formula is C26H33N5O2. The quantitative estimate of drug-likeness (QED) is 0.536. The molecule has 3 aromatic rings. The Hall–Kier alpha value is -2.77. The van der Waals surface area contributed by atoms with E-state index in [0.717, 1.165) is 86.9 Å². The highest BCUT2D eigenvalue weighted by atomic mass is 16.5. The fraction of sp³-hybridized carbons (Fsp3) is 0.500. The van der Waals surface area contributed by atoms with Crippen molar-refractivity contribution in [1.82, 2.24) is 19.7 Å². The summed E-state index contributed by atoms with van der Waals surface area (Å²) in [5.41, 5.74) is 3.28. The molecule has 2 aromatic heterocycles. The zero-order valence-corrected chi connectivity index (χ0v) is 19.6. The molecule has 7 heteroatoms. The van der Waals surface area contributed by atoms with Crippen molar-refractivity contribution >= 4 is 5.82 Å². The molecule has 1 aromatic carbocycles. The van der Waals surface area contributed by atoms with E-state index >= 15 is 0 Å². The van der Waals surface area contributed by atoms with Gasteiger partial charge in [0.1, 0.15) is 11.6 Å². The first-order valence-corrected chi connectivity index (χ1v) is 12.1. The van der Waals surface area contributed by atoms with E-state index in [1.807, 2.05) is 16.9 Å². The molecule has 4 heterocycles. The molecule has 2 aliphatic rings. The third kappa shape index (κ3) is 5.25. The second kappa shape index (κ2) is 10.0.